The zero-order valence-corrected chi connectivity index (χ0v) is 40.5. The molecule has 0 aromatic heterocycles. The molecule has 0 saturated heterocycles. The highest BCUT2D eigenvalue weighted by atomic mass is 31.2. The maximum absolute atomic E-state index is 12.1. The molecule has 0 aromatic carbocycles. The molecule has 0 aromatic rings. The lowest BCUT2D eigenvalue weighted by atomic mass is 10.0. The van der Waals surface area contributed by atoms with E-state index in [2.05, 4.69) is 55.6 Å². The Morgan fingerprint density at radius 1 is 0.508 bits per heavy atom. The summed E-state index contributed by atoms with van der Waals surface area (Å²) in [6.07, 6.45) is 55.1. The van der Waals surface area contributed by atoms with E-state index in [1.807, 2.05) is 0 Å². The van der Waals surface area contributed by atoms with Crippen LogP contribution in [-0.2, 0) is 27.9 Å². The molecule has 2 atom stereocenters. The predicted molar refractivity (Wildman–Crippen MR) is 257 cm³/mol. The number of aliphatic hydroxyl groups is 1. The molecule has 0 rings (SSSR count). The van der Waals surface area contributed by atoms with E-state index in [0.717, 1.165) is 57.8 Å². The summed E-state index contributed by atoms with van der Waals surface area (Å²) in [5, 5.41) is 12.7. The molecule has 9 nitrogen and oxygen atoms in total. The monoisotopic (exact) mass is 882 g/mol. The molecular formula is C51H96NO8P. The Kier molecular flexibility index (Phi) is 46.3. The molecule has 3 N–H and O–H groups in total. The van der Waals surface area contributed by atoms with Crippen LogP contribution in [0.1, 0.15) is 245 Å². The predicted octanol–water partition coefficient (Wildman–Crippen LogP) is 14.9. The Labute approximate surface area is 375 Å². The van der Waals surface area contributed by atoms with E-state index in [0.29, 0.717) is 6.42 Å². The number of esters is 1. The number of carbonyl (C=O) groups is 2. The summed E-state index contributed by atoms with van der Waals surface area (Å²) >= 11 is 0. The topological polar surface area (TPSA) is 131 Å². The van der Waals surface area contributed by atoms with Crippen LogP contribution in [0.4, 0.5) is 0 Å². The number of hydrogen-bond acceptors (Lipinski definition) is 7. The van der Waals surface area contributed by atoms with Crippen LogP contribution < -0.4 is 5.32 Å². The third-order valence-electron chi connectivity index (χ3n) is 11.0. The van der Waals surface area contributed by atoms with Crippen LogP contribution in [0.15, 0.2) is 36.5 Å². The number of rotatable bonds is 48. The number of aliphatic hydroxyl groups excluding tert-OH is 1. The van der Waals surface area contributed by atoms with Gasteiger partial charge < -0.3 is 20.1 Å². The normalized spacial score (nSPS) is 13.4. The fourth-order valence-electron chi connectivity index (χ4n) is 7.17. The minimum atomic E-state index is -4.42. The third kappa shape index (κ3) is 49.1. The molecule has 61 heavy (non-hydrogen) atoms. The molecule has 0 spiro atoms. The van der Waals surface area contributed by atoms with E-state index < -0.39 is 26.5 Å². The van der Waals surface area contributed by atoms with E-state index in [4.69, 9.17) is 13.8 Å². The summed E-state index contributed by atoms with van der Waals surface area (Å²) in [6, 6.07) is 0. The highest BCUT2D eigenvalue weighted by Crippen LogP contribution is 2.42. The number of ether oxygens (including phenoxy) is 1. The lowest BCUT2D eigenvalue weighted by Crippen LogP contribution is -2.27. The van der Waals surface area contributed by atoms with Crippen molar-refractivity contribution in [2.45, 2.75) is 251 Å². The van der Waals surface area contributed by atoms with Gasteiger partial charge >= 0.3 is 13.8 Å². The first-order valence-electron chi connectivity index (χ1n) is 25.5. The van der Waals surface area contributed by atoms with Gasteiger partial charge in [0.05, 0.1) is 13.2 Å². The molecule has 358 valence electrons. The van der Waals surface area contributed by atoms with Crippen molar-refractivity contribution in [1.82, 2.24) is 5.32 Å². The number of phosphoric ester groups is 1. The van der Waals surface area contributed by atoms with E-state index >= 15 is 0 Å². The zero-order chi connectivity index (χ0) is 44.6. The van der Waals surface area contributed by atoms with E-state index in [1.165, 1.54) is 161 Å². The highest BCUT2D eigenvalue weighted by Gasteiger charge is 2.23. The van der Waals surface area contributed by atoms with Crippen molar-refractivity contribution >= 4 is 19.7 Å². The number of unbranched alkanes of at least 4 members (excludes halogenated alkanes) is 29. The number of nitrogens with one attached hydrogen (secondary N) is 1. The molecular weight excluding hydrogens is 786 g/mol. The fourth-order valence-corrected chi connectivity index (χ4v) is 7.93. The molecule has 0 aliphatic rings. The quantitative estimate of drug-likeness (QED) is 0.0238. The largest absolute Gasteiger partial charge is 0.472 e. The van der Waals surface area contributed by atoms with Gasteiger partial charge in [0, 0.05) is 19.4 Å². The molecule has 0 bridgehead atoms. The summed E-state index contributed by atoms with van der Waals surface area (Å²) < 4.78 is 27.0. The van der Waals surface area contributed by atoms with Gasteiger partial charge in [0.1, 0.15) is 12.7 Å². The number of carbonyl (C=O) groups excluding carboxylic acids is 2. The summed E-state index contributed by atoms with van der Waals surface area (Å²) in [6.45, 7) is 3.55. The van der Waals surface area contributed by atoms with Crippen LogP contribution in [-0.4, -0.2) is 54.3 Å². The smallest absolute Gasteiger partial charge is 0.463 e. The van der Waals surface area contributed by atoms with Crippen molar-refractivity contribution in [3.63, 3.8) is 0 Å². The minimum absolute atomic E-state index is 0.0821. The van der Waals surface area contributed by atoms with Gasteiger partial charge in [-0.1, -0.05) is 198 Å². The third-order valence-corrected chi connectivity index (χ3v) is 12.0. The molecule has 0 aliphatic heterocycles. The summed E-state index contributed by atoms with van der Waals surface area (Å²) in [5.74, 6) is -0.518. The number of allylic oxidation sites excluding steroid dienone is 6. The molecule has 10 heteroatoms. The maximum atomic E-state index is 12.1. The van der Waals surface area contributed by atoms with Crippen LogP contribution in [0.5, 0.6) is 0 Å². The standard InChI is InChI=1S/C51H96NO8P/c1-3-5-7-9-11-13-15-17-19-21-22-23-24-25-26-28-29-31-33-35-37-39-41-43-50(54)52-45-46-59-61(56,57)60-48-49(53)47-58-51(55)44-42-40-38-36-34-32-30-27-20-18-16-14-12-10-8-6-4-2/h12,14,17-20,49,53H,3-11,13,15-16,21-48H2,1-2H3,(H,52,54)(H,56,57)/b14-12-,19-17+,20-18-. The van der Waals surface area contributed by atoms with Crippen LogP contribution in [0.25, 0.3) is 0 Å². The SMILES string of the molecule is CCCCC/C=C\C/C=C\CCCCCCCCCC(=O)OCC(O)COP(=O)(O)OCCNC(=O)CCCCCCCCCCCCCCC/C=C/CCCCCCCC. The highest BCUT2D eigenvalue weighted by molar-refractivity contribution is 7.47. The summed E-state index contributed by atoms with van der Waals surface area (Å²) in [7, 11) is -4.42. The minimum Gasteiger partial charge on any atom is -0.463 e. The Hall–Kier alpha value is -1.77. The van der Waals surface area contributed by atoms with Crippen molar-refractivity contribution in [1.29, 1.82) is 0 Å². The molecule has 0 saturated carbocycles. The zero-order valence-electron chi connectivity index (χ0n) is 39.6. The van der Waals surface area contributed by atoms with Gasteiger partial charge in [0.25, 0.3) is 0 Å². The van der Waals surface area contributed by atoms with E-state index in [-0.39, 0.29) is 32.1 Å². The van der Waals surface area contributed by atoms with Crippen LogP contribution in [0, 0.1) is 0 Å². The Morgan fingerprint density at radius 2 is 0.885 bits per heavy atom. The Balaban J connectivity index is 3.54. The second kappa shape index (κ2) is 47.7. The second-order valence-electron chi connectivity index (χ2n) is 17.1. The van der Waals surface area contributed by atoms with Crippen LogP contribution >= 0.6 is 7.82 Å². The first-order chi connectivity index (χ1) is 29.8. The Morgan fingerprint density at radius 3 is 1.36 bits per heavy atom. The number of phosphoric acid groups is 1. The van der Waals surface area contributed by atoms with E-state index in [9.17, 15) is 24.2 Å². The number of amides is 1. The van der Waals surface area contributed by atoms with Crippen LogP contribution in [0.3, 0.4) is 0 Å². The van der Waals surface area contributed by atoms with Gasteiger partial charge in [-0.25, -0.2) is 4.57 Å². The fraction of sp³-hybridized carbons (Fsp3) is 0.843. The average Bonchev–Trinajstić information content (AvgIpc) is 3.25. The molecule has 1 amide bonds. The molecule has 0 heterocycles. The average molecular weight is 882 g/mol. The van der Waals surface area contributed by atoms with Crippen molar-refractivity contribution in [3.05, 3.63) is 36.5 Å². The first kappa shape index (κ1) is 59.2. The molecule has 0 aliphatic carbocycles. The van der Waals surface area contributed by atoms with Gasteiger partial charge in [-0.05, 0) is 70.6 Å². The molecule has 2 unspecified atom stereocenters. The van der Waals surface area contributed by atoms with Gasteiger partial charge in [0.15, 0.2) is 0 Å². The lowest BCUT2D eigenvalue weighted by molar-refractivity contribution is -0.147. The lowest BCUT2D eigenvalue weighted by Gasteiger charge is -2.15. The number of hydrogen-bond donors (Lipinski definition) is 3. The van der Waals surface area contributed by atoms with Crippen molar-refractivity contribution in [2.24, 2.45) is 0 Å². The maximum Gasteiger partial charge on any atom is 0.472 e. The van der Waals surface area contributed by atoms with Gasteiger partial charge in [-0.2, -0.15) is 0 Å². The summed E-state index contributed by atoms with van der Waals surface area (Å²) in [4.78, 5) is 34.0. The Bertz CT molecular complexity index is 1100. The van der Waals surface area contributed by atoms with Crippen LogP contribution in [0.2, 0.25) is 0 Å². The van der Waals surface area contributed by atoms with Crippen molar-refractivity contribution < 1.29 is 37.9 Å². The second-order valence-corrected chi connectivity index (χ2v) is 18.6. The molecule has 0 radical (unpaired) electrons. The van der Waals surface area contributed by atoms with Crippen molar-refractivity contribution in [2.75, 3.05) is 26.4 Å². The summed E-state index contributed by atoms with van der Waals surface area (Å²) in [5.41, 5.74) is 0. The van der Waals surface area contributed by atoms with E-state index in [1.54, 1.807) is 0 Å². The van der Waals surface area contributed by atoms with Gasteiger partial charge in [0.2, 0.25) is 5.91 Å². The molecule has 0 fully saturated rings. The van der Waals surface area contributed by atoms with Gasteiger partial charge in [-0.15, -0.1) is 0 Å². The van der Waals surface area contributed by atoms with Gasteiger partial charge in [-0.3, -0.25) is 18.6 Å². The first-order valence-corrected chi connectivity index (χ1v) is 27.0. The van der Waals surface area contributed by atoms with Crippen molar-refractivity contribution in [3.8, 4) is 0 Å².